The lowest BCUT2D eigenvalue weighted by atomic mass is 10.2. The van der Waals surface area contributed by atoms with Crippen molar-refractivity contribution in [3.8, 4) is 0 Å². The molecule has 0 N–H and O–H groups in total. The monoisotopic (exact) mass is 246 g/mol. The van der Waals surface area contributed by atoms with Gasteiger partial charge in [0.2, 0.25) is 0 Å². The van der Waals surface area contributed by atoms with Gasteiger partial charge in [-0.3, -0.25) is 0 Å². The zero-order valence-electron chi connectivity index (χ0n) is 11.0. The van der Waals surface area contributed by atoms with Crippen molar-refractivity contribution in [2.24, 2.45) is 5.11 Å². The molecule has 0 saturated heterocycles. The fourth-order valence-electron chi connectivity index (χ4n) is 2.25. The van der Waals surface area contributed by atoms with Crippen LogP contribution >= 0.6 is 0 Å². The highest BCUT2D eigenvalue weighted by molar-refractivity contribution is 6.75. The Morgan fingerprint density at radius 2 is 1.65 bits per heavy atom. The first-order chi connectivity index (χ1) is 8.06. The molecule has 0 bridgehead atoms. The number of azide groups is 1. The van der Waals surface area contributed by atoms with Crippen LogP contribution in [0.15, 0.2) is 29.4 Å². The first-order valence-corrected chi connectivity index (χ1v) is 7.68. The van der Waals surface area contributed by atoms with E-state index in [1.807, 2.05) is 0 Å². The molecule has 17 heavy (non-hydrogen) atoms. The molecule has 0 heterocycles. The first-order valence-electron chi connectivity index (χ1n) is 6.03. The Morgan fingerprint density at radius 1 is 1.12 bits per heavy atom. The van der Waals surface area contributed by atoms with Crippen molar-refractivity contribution < 1.29 is 0 Å². The maximum atomic E-state index is 8.28. The summed E-state index contributed by atoms with van der Waals surface area (Å²) in [4.78, 5) is 2.78. The second-order valence-corrected chi connectivity index (χ2v) is 8.65. The van der Waals surface area contributed by atoms with E-state index in [1.54, 1.807) is 0 Å². The zero-order chi connectivity index (χ0) is 12.8. The Hall–Kier alpha value is -1.25. The number of rotatable bonds is 5. The second kappa shape index (κ2) is 6.47. The van der Waals surface area contributed by atoms with Crippen LogP contribution in [0, 0.1) is 0 Å². The molecule has 3 nitrogen and oxygen atoms in total. The van der Waals surface area contributed by atoms with E-state index in [1.165, 1.54) is 5.19 Å². The molecule has 91 valence electrons. The standard InChI is InChI=1S/C13H20N3Si/c1-10(2)17(11(3)4)13-7-5-12(6-8-13)9-15-16-14/h5-8,10-11H,9H2,1-4H3. The van der Waals surface area contributed by atoms with E-state index in [4.69, 9.17) is 5.53 Å². The molecular formula is C13H20N3Si. The Balaban J connectivity index is 2.88. The van der Waals surface area contributed by atoms with Crippen molar-refractivity contribution in [3.63, 3.8) is 0 Å². The normalized spacial score (nSPS) is 11.0. The molecule has 0 aromatic heterocycles. The van der Waals surface area contributed by atoms with Crippen molar-refractivity contribution in [2.75, 3.05) is 0 Å². The Morgan fingerprint density at radius 3 is 2.06 bits per heavy atom. The molecule has 0 atom stereocenters. The lowest BCUT2D eigenvalue weighted by molar-refractivity contribution is 0.951. The van der Waals surface area contributed by atoms with Crippen LogP contribution in [0.2, 0.25) is 11.1 Å². The van der Waals surface area contributed by atoms with Crippen molar-refractivity contribution in [3.05, 3.63) is 40.3 Å². The molecular weight excluding hydrogens is 226 g/mol. The zero-order valence-corrected chi connectivity index (χ0v) is 12.0. The molecule has 1 aromatic carbocycles. The number of hydrogen-bond donors (Lipinski definition) is 0. The van der Waals surface area contributed by atoms with Crippen molar-refractivity contribution in [1.29, 1.82) is 0 Å². The average molecular weight is 246 g/mol. The second-order valence-electron chi connectivity index (χ2n) is 4.85. The predicted octanol–water partition coefficient (Wildman–Crippen LogP) is 4.02. The van der Waals surface area contributed by atoms with Gasteiger partial charge in [-0.1, -0.05) is 62.3 Å². The SMILES string of the molecule is CC(C)[Si](c1ccc(CN=[N+]=[N-])cc1)C(C)C. The summed E-state index contributed by atoms with van der Waals surface area (Å²) in [5.41, 5.74) is 10.8. The van der Waals surface area contributed by atoms with Gasteiger partial charge in [0.1, 0.15) is 0 Å². The molecule has 0 aliphatic heterocycles. The third-order valence-electron chi connectivity index (χ3n) is 2.85. The van der Waals surface area contributed by atoms with Gasteiger partial charge >= 0.3 is 0 Å². The fourth-order valence-corrected chi connectivity index (χ4v) is 5.47. The molecule has 0 amide bonds. The quantitative estimate of drug-likeness (QED) is 0.326. The Kier molecular flexibility index (Phi) is 5.26. The van der Waals surface area contributed by atoms with Gasteiger partial charge in [0.25, 0.3) is 0 Å². The average Bonchev–Trinajstić information content (AvgIpc) is 2.27. The summed E-state index contributed by atoms with van der Waals surface area (Å²) in [6, 6.07) is 8.58. The lowest BCUT2D eigenvalue weighted by Gasteiger charge is -2.23. The van der Waals surface area contributed by atoms with Crippen LogP contribution in [-0.2, 0) is 6.54 Å². The van der Waals surface area contributed by atoms with E-state index in [0.29, 0.717) is 6.54 Å². The van der Waals surface area contributed by atoms with Gasteiger partial charge in [0.15, 0.2) is 0 Å². The van der Waals surface area contributed by atoms with Gasteiger partial charge in [0, 0.05) is 4.91 Å². The minimum atomic E-state index is -0.496. The third-order valence-corrected chi connectivity index (χ3v) is 6.34. The van der Waals surface area contributed by atoms with Crippen LogP contribution in [0.1, 0.15) is 33.3 Å². The molecule has 0 spiro atoms. The topological polar surface area (TPSA) is 48.8 Å². The summed E-state index contributed by atoms with van der Waals surface area (Å²) in [5.74, 6) is 0. The lowest BCUT2D eigenvalue weighted by Crippen LogP contribution is -2.35. The first kappa shape index (κ1) is 13.8. The molecule has 1 rings (SSSR count). The van der Waals surface area contributed by atoms with Crippen LogP contribution in [0.3, 0.4) is 0 Å². The largest absolute Gasteiger partial charge is 0.0910 e. The molecule has 1 aromatic rings. The van der Waals surface area contributed by atoms with Gasteiger partial charge in [-0.2, -0.15) is 0 Å². The number of nitrogens with zero attached hydrogens (tertiary/aromatic N) is 3. The van der Waals surface area contributed by atoms with Gasteiger partial charge in [-0.25, -0.2) is 0 Å². The summed E-state index contributed by atoms with van der Waals surface area (Å²) in [7, 11) is -0.496. The summed E-state index contributed by atoms with van der Waals surface area (Å²) >= 11 is 0. The van der Waals surface area contributed by atoms with E-state index in [9.17, 15) is 0 Å². The van der Waals surface area contributed by atoms with E-state index in [2.05, 4.69) is 62.0 Å². The van der Waals surface area contributed by atoms with Crippen LogP contribution in [0.5, 0.6) is 0 Å². The van der Waals surface area contributed by atoms with Crippen molar-refractivity contribution in [2.45, 2.75) is 45.3 Å². The van der Waals surface area contributed by atoms with Crippen LogP contribution in [0.4, 0.5) is 0 Å². The van der Waals surface area contributed by atoms with Crippen molar-refractivity contribution >= 4 is 14.0 Å². The van der Waals surface area contributed by atoms with Gasteiger partial charge in [-0.15, -0.1) is 0 Å². The van der Waals surface area contributed by atoms with Gasteiger partial charge in [0.05, 0.1) is 15.3 Å². The van der Waals surface area contributed by atoms with E-state index in [-0.39, 0.29) is 0 Å². The van der Waals surface area contributed by atoms with E-state index >= 15 is 0 Å². The molecule has 1 radical (unpaired) electrons. The molecule has 0 unspecified atom stereocenters. The molecule has 4 heteroatoms. The summed E-state index contributed by atoms with van der Waals surface area (Å²) < 4.78 is 0. The summed E-state index contributed by atoms with van der Waals surface area (Å²) in [5, 5.41) is 5.05. The van der Waals surface area contributed by atoms with Crippen LogP contribution in [-0.4, -0.2) is 8.80 Å². The smallest absolute Gasteiger partial charge is 0.0893 e. The van der Waals surface area contributed by atoms with E-state index in [0.717, 1.165) is 16.6 Å². The minimum absolute atomic E-state index is 0.447. The molecule has 0 aliphatic carbocycles. The van der Waals surface area contributed by atoms with Crippen molar-refractivity contribution in [1.82, 2.24) is 0 Å². The molecule has 0 fully saturated rings. The predicted molar refractivity (Wildman–Crippen MR) is 74.9 cm³/mol. The third kappa shape index (κ3) is 3.91. The van der Waals surface area contributed by atoms with Crippen LogP contribution < -0.4 is 5.19 Å². The number of hydrogen-bond acceptors (Lipinski definition) is 1. The molecule has 0 saturated carbocycles. The summed E-state index contributed by atoms with van der Waals surface area (Å²) in [6.07, 6.45) is 0. The highest BCUT2D eigenvalue weighted by Crippen LogP contribution is 2.20. The highest BCUT2D eigenvalue weighted by Gasteiger charge is 2.21. The molecule has 0 aliphatic rings. The maximum Gasteiger partial charge on any atom is 0.0910 e. The fraction of sp³-hybridized carbons (Fsp3) is 0.538. The Bertz CT molecular complexity index is 384. The summed E-state index contributed by atoms with van der Waals surface area (Å²) in [6.45, 7) is 9.68. The Labute approximate surface area is 105 Å². The maximum absolute atomic E-state index is 8.28. The van der Waals surface area contributed by atoms with Crippen LogP contribution in [0.25, 0.3) is 10.4 Å². The minimum Gasteiger partial charge on any atom is -0.0893 e. The van der Waals surface area contributed by atoms with Gasteiger partial charge < -0.3 is 0 Å². The highest BCUT2D eigenvalue weighted by atomic mass is 28.3. The number of benzene rings is 1. The van der Waals surface area contributed by atoms with E-state index < -0.39 is 8.80 Å². The van der Waals surface area contributed by atoms with Gasteiger partial charge in [-0.05, 0) is 22.2 Å².